The van der Waals surface area contributed by atoms with Crippen molar-refractivity contribution in [2.75, 3.05) is 27.3 Å². The van der Waals surface area contributed by atoms with Crippen LogP contribution >= 0.6 is 39.1 Å². The average Bonchev–Trinajstić information content (AvgIpc) is 2.26. The van der Waals surface area contributed by atoms with Crippen molar-refractivity contribution in [2.45, 2.75) is 11.0 Å². The third-order valence-corrected chi connectivity index (χ3v) is 5.66. The summed E-state index contributed by atoms with van der Waals surface area (Å²) < 4.78 is 31.1. The average molecular weight is 407 g/mol. The molecule has 0 heterocycles. The highest BCUT2D eigenvalue weighted by Gasteiger charge is 2.28. The van der Waals surface area contributed by atoms with Crippen molar-refractivity contribution in [3.63, 3.8) is 0 Å². The number of aliphatic hydroxyl groups is 1. The van der Waals surface area contributed by atoms with Gasteiger partial charge in [-0.2, -0.15) is 4.31 Å². The fourth-order valence-electron chi connectivity index (χ4n) is 1.57. The third-order valence-electron chi connectivity index (χ3n) is 2.46. The minimum atomic E-state index is -3.90. The Morgan fingerprint density at radius 1 is 1.40 bits per heavy atom. The molecule has 1 rings (SSSR count). The summed E-state index contributed by atoms with van der Waals surface area (Å²) >= 11 is 15.1. The second kappa shape index (κ2) is 7.40. The Kier molecular flexibility index (Phi) is 6.72. The first kappa shape index (κ1) is 18.2. The lowest BCUT2D eigenvalue weighted by molar-refractivity contribution is 0.0554. The van der Waals surface area contributed by atoms with Gasteiger partial charge in [-0.25, -0.2) is 8.42 Å². The van der Waals surface area contributed by atoms with Crippen LogP contribution in [0.3, 0.4) is 0 Å². The molecule has 9 heteroatoms. The van der Waals surface area contributed by atoms with E-state index in [9.17, 15) is 13.5 Å². The van der Waals surface area contributed by atoms with E-state index < -0.39 is 16.1 Å². The number of hydrogen-bond donors (Lipinski definition) is 1. The summed E-state index contributed by atoms with van der Waals surface area (Å²) in [4.78, 5) is -0.184. The summed E-state index contributed by atoms with van der Waals surface area (Å²) in [5.74, 6) is 0. The first-order chi connectivity index (χ1) is 9.20. The van der Waals surface area contributed by atoms with Crippen molar-refractivity contribution in [2.24, 2.45) is 0 Å². The van der Waals surface area contributed by atoms with Crippen molar-refractivity contribution in [1.82, 2.24) is 4.31 Å². The number of rotatable bonds is 6. The van der Waals surface area contributed by atoms with E-state index >= 15 is 0 Å². The van der Waals surface area contributed by atoms with Gasteiger partial charge in [0.2, 0.25) is 10.0 Å². The Hall–Kier alpha value is 0.110. The Labute approximate surface area is 136 Å². The summed E-state index contributed by atoms with van der Waals surface area (Å²) in [7, 11) is -1.14. The second-order valence-corrected chi connectivity index (χ2v) is 7.81. The molecule has 0 bridgehead atoms. The minimum absolute atomic E-state index is 0.0115. The van der Waals surface area contributed by atoms with Crippen molar-refractivity contribution in [3.8, 4) is 0 Å². The van der Waals surface area contributed by atoms with Gasteiger partial charge in [0, 0.05) is 25.2 Å². The van der Waals surface area contributed by atoms with Crippen LogP contribution in [-0.4, -0.2) is 51.2 Å². The number of aliphatic hydroxyl groups excluding tert-OH is 1. The summed E-state index contributed by atoms with van der Waals surface area (Å²) in [6.07, 6.45) is -0.937. The number of benzene rings is 1. The Morgan fingerprint density at radius 3 is 2.35 bits per heavy atom. The summed E-state index contributed by atoms with van der Waals surface area (Å²) in [6.45, 7) is -0.0967. The van der Waals surface area contributed by atoms with Gasteiger partial charge in [-0.15, -0.1) is 0 Å². The monoisotopic (exact) mass is 405 g/mol. The lowest BCUT2D eigenvalue weighted by Gasteiger charge is -2.21. The lowest BCUT2D eigenvalue weighted by Crippen LogP contribution is -2.36. The van der Waals surface area contributed by atoms with E-state index in [4.69, 9.17) is 27.9 Å². The van der Waals surface area contributed by atoms with Crippen LogP contribution in [0.25, 0.3) is 0 Å². The molecule has 0 saturated heterocycles. The molecule has 1 atom stereocenters. The molecular formula is C11H14BrCl2NO4S. The molecule has 0 aliphatic carbocycles. The highest BCUT2D eigenvalue weighted by molar-refractivity contribution is 9.10. The number of ether oxygens (including phenoxy) is 1. The first-order valence-electron chi connectivity index (χ1n) is 5.48. The van der Waals surface area contributed by atoms with Crippen molar-refractivity contribution >= 4 is 49.2 Å². The van der Waals surface area contributed by atoms with Crippen LogP contribution in [0.15, 0.2) is 21.5 Å². The van der Waals surface area contributed by atoms with E-state index in [1.165, 1.54) is 26.3 Å². The Morgan fingerprint density at radius 2 is 1.90 bits per heavy atom. The molecular weight excluding hydrogens is 393 g/mol. The maximum atomic E-state index is 12.4. The van der Waals surface area contributed by atoms with Gasteiger partial charge in [-0.3, -0.25) is 0 Å². The van der Waals surface area contributed by atoms with Crippen molar-refractivity contribution in [3.05, 3.63) is 26.7 Å². The van der Waals surface area contributed by atoms with E-state index in [1.807, 2.05) is 0 Å². The van der Waals surface area contributed by atoms with E-state index in [0.29, 0.717) is 4.47 Å². The molecule has 0 aromatic heterocycles. The summed E-state index contributed by atoms with van der Waals surface area (Å²) in [5.41, 5.74) is 0. The molecule has 1 unspecified atom stereocenters. The molecule has 0 aliphatic rings. The van der Waals surface area contributed by atoms with E-state index in [1.54, 1.807) is 0 Å². The zero-order valence-electron chi connectivity index (χ0n) is 10.8. The van der Waals surface area contributed by atoms with Crippen LogP contribution in [-0.2, 0) is 14.8 Å². The minimum Gasteiger partial charge on any atom is -0.389 e. The molecule has 0 aliphatic heterocycles. The van der Waals surface area contributed by atoms with Gasteiger partial charge in [0.05, 0.1) is 22.8 Å². The standard InChI is InChI=1S/C11H14BrCl2NO4S/c1-15(5-8(16)6-19-2)20(17,18)11-9(13)3-7(12)4-10(11)14/h3-4,8,16H,5-6H2,1-2H3. The predicted molar refractivity (Wildman–Crippen MR) is 81.9 cm³/mol. The molecule has 0 fully saturated rings. The van der Waals surface area contributed by atoms with Crippen LogP contribution in [0.2, 0.25) is 10.0 Å². The Balaban J connectivity index is 3.11. The number of sulfonamides is 1. The quantitative estimate of drug-likeness (QED) is 0.787. The number of halogens is 3. The highest BCUT2D eigenvalue weighted by atomic mass is 79.9. The van der Waals surface area contributed by atoms with Gasteiger partial charge in [-0.1, -0.05) is 39.1 Å². The van der Waals surface area contributed by atoms with Gasteiger partial charge in [0.1, 0.15) is 4.90 Å². The number of hydrogen-bond acceptors (Lipinski definition) is 4. The highest BCUT2D eigenvalue weighted by Crippen LogP contribution is 2.34. The molecule has 0 saturated carbocycles. The third kappa shape index (κ3) is 4.30. The van der Waals surface area contributed by atoms with Gasteiger partial charge < -0.3 is 9.84 Å². The van der Waals surface area contributed by atoms with E-state index in [-0.39, 0.29) is 28.1 Å². The first-order valence-corrected chi connectivity index (χ1v) is 8.47. The molecule has 0 radical (unpaired) electrons. The Bertz CT molecular complexity index is 559. The fourth-order valence-corrected chi connectivity index (χ4v) is 4.66. The summed E-state index contributed by atoms with van der Waals surface area (Å²) in [5, 5.41) is 9.63. The van der Waals surface area contributed by atoms with Crippen molar-refractivity contribution in [1.29, 1.82) is 0 Å². The van der Waals surface area contributed by atoms with Crippen LogP contribution < -0.4 is 0 Å². The summed E-state index contributed by atoms with van der Waals surface area (Å²) in [6, 6.07) is 2.89. The van der Waals surface area contributed by atoms with Gasteiger partial charge >= 0.3 is 0 Å². The van der Waals surface area contributed by atoms with E-state index in [0.717, 1.165) is 4.31 Å². The molecule has 20 heavy (non-hydrogen) atoms. The molecule has 0 amide bonds. The van der Waals surface area contributed by atoms with Crippen LogP contribution in [0.1, 0.15) is 0 Å². The molecule has 5 nitrogen and oxygen atoms in total. The molecule has 0 spiro atoms. The smallest absolute Gasteiger partial charge is 0.245 e. The zero-order valence-corrected chi connectivity index (χ0v) is 14.7. The normalized spacial score (nSPS) is 13.8. The predicted octanol–water partition coefficient (Wildman–Crippen LogP) is 2.38. The molecule has 114 valence electrons. The lowest BCUT2D eigenvalue weighted by atomic mass is 10.4. The fraction of sp³-hybridized carbons (Fsp3) is 0.455. The topological polar surface area (TPSA) is 66.8 Å². The second-order valence-electron chi connectivity index (χ2n) is 4.09. The number of likely N-dealkylation sites (N-methyl/N-ethyl adjacent to an activating group) is 1. The number of methoxy groups -OCH3 is 1. The maximum Gasteiger partial charge on any atom is 0.245 e. The van der Waals surface area contributed by atoms with Crippen molar-refractivity contribution < 1.29 is 18.3 Å². The van der Waals surface area contributed by atoms with Gasteiger partial charge in [0.25, 0.3) is 0 Å². The van der Waals surface area contributed by atoms with Crippen LogP contribution in [0, 0.1) is 0 Å². The van der Waals surface area contributed by atoms with E-state index in [2.05, 4.69) is 15.9 Å². The SMILES string of the molecule is COCC(O)CN(C)S(=O)(=O)c1c(Cl)cc(Br)cc1Cl. The molecule has 1 aromatic rings. The van der Waals surface area contributed by atoms with Crippen LogP contribution in [0.4, 0.5) is 0 Å². The van der Waals surface area contributed by atoms with Crippen LogP contribution in [0.5, 0.6) is 0 Å². The maximum absolute atomic E-state index is 12.4. The van der Waals surface area contributed by atoms with Gasteiger partial charge in [0.15, 0.2) is 0 Å². The van der Waals surface area contributed by atoms with Gasteiger partial charge in [-0.05, 0) is 12.1 Å². The molecule has 1 aromatic carbocycles. The number of nitrogens with zero attached hydrogens (tertiary/aromatic N) is 1. The largest absolute Gasteiger partial charge is 0.389 e. The zero-order chi connectivity index (χ0) is 15.5. The molecule has 1 N–H and O–H groups in total.